The van der Waals surface area contributed by atoms with Crippen LogP contribution in [0.1, 0.15) is 17.2 Å². The van der Waals surface area contributed by atoms with Gasteiger partial charge in [0.25, 0.3) is 0 Å². The van der Waals surface area contributed by atoms with Gasteiger partial charge in [0.2, 0.25) is 0 Å². The Hall–Kier alpha value is -2.75. The van der Waals surface area contributed by atoms with E-state index in [4.69, 9.17) is 4.74 Å². The summed E-state index contributed by atoms with van der Waals surface area (Å²) in [6.45, 7) is 0.242. The van der Waals surface area contributed by atoms with Crippen molar-refractivity contribution in [1.82, 2.24) is 4.90 Å². The number of nitrogens with zero attached hydrogens (tertiary/aromatic N) is 1. The second-order valence-electron chi connectivity index (χ2n) is 5.13. The van der Waals surface area contributed by atoms with Crippen LogP contribution in [-0.2, 0) is 11.2 Å². The molecule has 22 heavy (non-hydrogen) atoms. The average Bonchev–Trinajstić information content (AvgIpc) is 2.96. The van der Waals surface area contributed by atoms with Crippen molar-refractivity contribution >= 4 is 6.09 Å². The van der Waals surface area contributed by atoms with Crippen molar-refractivity contribution < 1.29 is 14.6 Å². The second-order valence-corrected chi connectivity index (χ2v) is 5.13. The molecule has 0 aromatic heterocycles. The molecule has 1 amide bonds. The molecule has 0 bridgehead atoms. The fourth-order valence-corrected chi connectivity index (χ4v) is 2.52. The lowest BCUT2D eigenvalue weighted by Gasteiger charge is -2.20. The summed E-state index contributed by atoms with van der Waals surface area (Å²) >= 11 is 0. The summed E-state index contributed by atoms with van der Waals surface area (Å²) in [5, 5.41) is 10.3. The number of aliphatic hydroxyl groups is 1. The molecule has 2 aromatic rings. The Morgan fingerprint density at radius 2 is 1.77 bits per heavy atom. The van der Waals surface area contributed by atoms with Crippen LogP contribution in [0.5, 0.6) is 0 Å². The van der Waals surface area contributed by atoms with E-state index < -0.39 is 6.09 Å². The van der Waals surface area contributed by atoms with E-state index in [1.807, 2.05) is 60.7 Å². The predicted octanol–water partition coefficient (Wildman–Crippen LogP) is 3.82. The molecule has 0 aliphatic carbocycles. The molecule has 4 nitrogen and oxygen atoms in total. The van der Waals surface area contributed by atoms with Gasteiger partial charge < -0.3 is 9.84 Å². The second kappa shape index (κ2) is 6.35. The van der Waals surface area contributed by atoms with Crippen LogP contribution in [0.4, 0.5) is 4.79 Å². The molecule has 4 heteroatoms. The molecule has 0 saturated carbocycles. The number of ether oxygens (including phenoxy) is 1. The van der Waals surface area contributed by atoms with Crippen LogP contribution in [0.25, 0.3) is 0 Å². The highest BCUT2D eigenvalue weighted by Gasteiger charge is 2.36. The van der Waals surface area contributed by atoms with Gasteiger partial charge in [-0.3, -0.25) is 0 Å². The van der Waals surface area contributed by atoms with Crippen LogP contribution in [0, 0.1) is 0 Å². The number of allylic oxidation sites excluding steroid dienone is 1. The highest BCUT2D eigenvalue weighted by atomic mass is 16.6. The van der Waals surface area contributed by atoms with Crippen molar-refractivity contribution in [3.8, 4) is 0 Å². The summed E-state index contributed by atoms with van der Waals surface area (Å²) in [4.78, 5) is 13.2. The lowest BCUT2D eigenvalue weighted by Crippen LogP contribution is -2.27. The molecule has 1 aliphatic heterocycles. The third kappa shape index (κ3) is 2.96. The Kier molecular flexibility index (Phi) is 4.10. The van der Waals surface area contributed by atoms with E-state index in [0.29, 0.717) is 6.42 Å². The molecule has 3 rings (SSSR count). The molecule has 1 N–H and O–H groups in total. The summed E-state index contributed by atoms with van der Waals surface area (Å²) in [6, 6.07) is 19.0. The summed E-state index contributed by atoms with van der Waals surface area (Å²) in [6.07, 6.45) is 1.67. The Morgan fingerprint density at radius 1 is 1.14 bits per heavy atom. The average molecular weight is 295 g/mol. The molecular weight excluding hydrogens is 278 g/mol. The van der Waals surface area contributed by atoms with E-state index in [9.17, 15) is 9.90 Å². The van der Waals surface area contributed by atoms with Crippen molar-refractivity contribution in [3.63, 3.8) is 0 Å². The zero-order chi connectivity index (χ0) is 15.4. The molecule has 0 radical (unpaired) electrons. The number of aliphatic hydroxyl groups excluding tert-OH is 1. The Labute approximate surface area is 129 Å². The van der Waals surface area contributed by atoms with Crippen LogP contribution < -0.4 is 0 Å². The number of amides is 1. The largest absolute Gasteiger partial charge is 0.495 e. The van der Waals surface area contributed by atoms with Gasteiger partial charge in [-0.15, -0.1) is 0 Å². The molecule has 112 valence electrons. The monoisotopic (exact) mass is 295 g/mol. The normalized spacial score (nSPS) is 18.4. The molecule has 0 spiro atoms. The van der Waals surface area contributed by atoms with E-state index in [1.165, 1.54) is 4.90 Å². The van der Waals surface area contributed by atoms with Crippen LogP contribution in [0.2, 0.25) is 0 Å². The minimum Gasteiger partial charge on any atom is -0.495 e. The lowest BCUT2D eigenvalue weighted by molar-refractivity contribution is 0.149. The third-order valence-electron chi connectivity index (χ3n) is 3.67. The van der Waals surface area contributed by atoms with E-state index in [2.05, 4.69) is 0 Å². The van der Waals surface area contributed by atoms with Gasteiger partial charge in [0, 0.05) is 0 Å². The molecule has 1 heterocycles. The maximum absolute atomic E-state index is 11.9. The van der Waals surface area contributed by atoms with Crippen LogP contribution in [-0.4, -0.2) is 22.7 Å². The molecule has 2 aromatic carbocycles. The van der Waals surface area contributed by atoms with Crippen LogP contribution in [0.3, 0.4) is 0 Å². The van der Waals surface area contributed by atoms with Gasteiger partial charge in [-0.05, 0) is 23.6 Å². The fourth-order valence-electron chi connectivity index (χ4n) is 2.52. The fraction of sp³-hybridized carbons (Fsp3) is 0.167. The van der Waals surface area contributed by atoms with Crippen LogP contribution in [0.15, 0.2) is 72.6 Å². The lowest BCUT2D eigenvalue weighted by atomic mass is 10.1. The molecular formula is C18H17NO3. The van der Waals surface area contributed by atoms with Gasteiger partial charge in [-0.2, -0.15) is 0 Å². The molecule has 0 unspecified atom stereocenters. The first-order valence-corrected chi connectivity index (χ1v) is 7.19. The van der Waals surface area contributed by atoms with E-state index >= 15 is 0 Å². The minimum absolute atomic E-state index is 0.0693. The highest BCUT2D eigenvalue weighted by molar-refractivity contribution is 5.72. The van der Waals surface area contributed by atoms with E-state index in [0.717, 1.165) is 11.1 Å². The quantitative estimate of drug-likeness (QED) is 0.872. The maximum Gasteiger partial charge on any atom is 0.417 e. The van der Waals surface area contributed by atoms with Gasteiger partial charge in [-0.25, -0.2) is 9.69 Å². The Bertz CT molecular complexity index is 667. The Balaban J connectivity index is 1.80. The number of rotatable bonds is 4. The number of hydrogen-bond acceptors (Lipinski definition) is 3. The van der Waals surface area contributed by atoms with Gasteiger partial charge in [0.1, 0.15) is 12.6 Å². The van der Waals surface area contributed by atoms with E-state index in [1.54, 1.807) is 6.08 Å². The third-order valence-corrected chi connectivity index (χ3v) is 3.67. The minimum atomic E-state index is -0.518. The first kappa shape index (κ1) is 14.2. The first-order valence-electron chi connectivity index (χ1n) is 7.19. The first-order chi connectivity index (χ1) is 10.8. The van der Waals surface area contributed by atoms with Crippen molar-refractivity contribution in [1.29, 1.82) is 0 Å². The smallest absolute Gasteiger partial charge is 0.417 e. The summed E-state index contributed by atoms with van der Waals surface area (Å²) in [5.41, 5.74) is 2.01. The summed E-state index contributed by atoms with van der Waals surface area (Å²) in [7, 11) is 0. The van der Waals surface area contributed by atoms with Gasteiger partial charge in [-0.1, -0.05) is 60.7 Å². The number of cyclic esters (lactones) is 1. The number of hydrogen-bond donors (Lipinski definition) is 1. The van der Waals surface area contributed by atoms with Crippen molar-refractivity contribution in [2.75, 3.05) is 6.61 Å². The molecule has 1 saturated heterocycles. The molecule has 1 atom stereocenters. The Morgan fingerprint density at radius 3 is 2.45 bits per heavy atom. The van der Waals surface area contributed by atoms with Crippen LogP contribution >= 0.6 is 0 Å². The SMILES string of the molecule is O=C1OC[C@H](c2ccccc2)N1/C(O)=C/Cc1ccccc1. The topological polar surface area (TPSA) is 49.8 Å². The molecule has 1 fully saturated rings. The zero-order valence-corrected chi connectivity index (χ0v) is 12.1. The predicted molar refractivity (Wildman–Crippen MR) is 83.2 cm³/mol. The maximum atomic E-state index is 11.9. The number of benzene rings is 2. The van der Waals surface area contributed by atoms with Crippen molar-refractivity contribution in [3.05, 3.63) is 83.7 Å². The van der Waals surface area contributed by atoms with E-state index in [-0.39, 0.29) is 18.5 Å². The van der Waals surface area contributed by atoms with Gasteiger partial charge in [0.05, 0.1) is 0 Å². The number of carbonyl (C=O) groups excluding carboxylic acids is 1. The summed E-state index contributed by atoms with van der Waals surface area (Å²) in [5.74, 6) is -0.0693. The highest BCUT2D eigenvalue weighted by Crippen LogP contribution is 2.30. The number of carbonyl (C=O) groups is 1. The molecule has 1 aliphatic rings. The van der Waals surface area contributed by atoms with Crippen molar-refractivity contribution in [2.45, 2.75) is 12.5 Å². The standard InChI is InChI=1S/C18H17NO3/c20-17(12-11-14-7-3-1-4-8-14)19-16(13-22-18(19)21)15-9-5-2-6-10-15/h1-10,12,16,20H,11,13H2/b17-12-/t16-/m1/s1. The van der Waals surface area contributed by atoms with Crippen molar-refractivity contribution in [2.24, 2.45) is 0 Å². The van der Waals surface area contributed by atoms with Gasteiger partial charge in [0.15, 0.2) is 5.88 Å². The van der Waals surface area contributed by atoms with Gasteiger partial charge >= 0.3 is 6.09 Å². The zero-order valence-electron chi connectivity index (χ0n) is 12.1. The summed E-state index contributed by atoms with van der Waals surface area (Å²) < 4.78 is 5.09.